The van der Waals surface area contributed by atoms with Gasteiger partial charge in [-0.1, -0.05) is 48.5 Å². The summed E-state index contributed by atoms with van der Waals surface area (Å²) in [5.41, 5.74) is 5.50. The van der Waals surface area contributed by atoms with E-state index in [0.29, 0.717) is 6.42 Å². The molecule has 0 atom stereocenters. The molecule has 1 aliphatic carbocycles. The zero-order valence-corrected chi connectivity index (χ0v) is 10.2. The van der Waals surface area contributed by atoms with Crippen LogP contribution in [0, 0.1) is 22.7 Å². The zero-order valence-electron chi connectivity index (χ0n) is 10.2. The first-order valence-electron chi connectivity index (χ1n) is 6.06. The Hall–Kier alpha value is -2.84. The van der Waals surface area contributed by atoms with Crippen LogP contribution in [0.2, 0.25) is 0 Å². The van der Waals surface area contributed by atoms with E-state index in [-0.39, 0.29) is 5.57 Å². The summed E-state index contributed by atoms with van der Waals surface area (Å²) in [5.74, 6) is 0. The smallest absolute Gasteiger partial charge is 0.133 e. The SMILES string of the molecule is N#CC(C#N)=C1Cc2ccccc2-c2ccccc21. The van der Waals surface area contributed by atoms with Gasteiger partial charge in [0, 0.05) is 6.42 Å². The maximum atomic E-state index is 9.12. The van der Waals surface area contributed by atoms with Crippen molar-refractivity contribution in [3.8, 4) is 23.3 Å². The van der Waals surface area contributed by atoms with E-state index >= 15 is 0 Å². The molecule has 0 bridgehead atoms. The second-order valence-electron chi connectivity index (χ2n) is 4.46. The average Bonchev–Trinajstić information content (AvgIpc) is 2.48. The Morgan fingerprint density at radius 1 is 0.789 bits per heavy atom. The largest absolute Gasteiger partial charge is 0.192 e. The normalized spacial score (nSPS) is 11.8. The van der Waals surface area contributed by atoms with Crippen molar-refractivity contribution in [2.24, 2.45) is 0 Å². The molecule has 0 aromatic heterocycles. The molecule has 88 valence electrons. The maximum Gasteiger partial charge on any atom is 0.133 e. The predicted molar refractivity (Wildman–Crippen MR) is 73.7 cm³/mol. The maximum absolute atomic E-state index is 9.12. The number of nitrogens with zero attached hydrogens (tertiary/aromatic N) is 2. The third-order valence-electron chi connectivity index (χ3n) is 3.45. The van der Waals surface area contributed by atoms with Crippen LogP contribution >= 0.6 is 0 Å². The molecule has 0 spiro atoms. The van der Waals surface area contributed by atoms with Gasteiger partial charge in [0.2, 0.25) is 0 Å². The molecule has 2 aromatic carbocycles. The van der Waals surface area contributed by atoms with Crippen molar-refractivity contribution in [2.45, 2.75) is 6.42 Å². The summed E-state index contributed by atoms with van der Waals surface area (Å²) in [5, 5.41) is 18.2. The summed E-state index contributed by atoms with van der Waals surface area (Å²) in [6.07, 6.45) is 0.642. The number of allylic oxidation sites excluding steroid dienone is 2. The highest BCUT2D eigenvalue weighted by Crippen LogP contribution is 2.39. The summed E-state index contributed by atoms with van der Waals surface area (Å²) in [7, 11) is 0. The summed E-state index contributed by atoms with van der Waals surface area (Å²) in [6, 6.07) is 20.1. The molecule has 1 aliphatic rings. The highest BCUT2D eigenvalue weighted by molar-refractivity contribution is 5.91. The second-order valence-corrected chi connectivity index (χ2v) is 4.46. The summed E-state index contributed by atoms with van der Waals surface area (Å²) in [4.78, 5) is 0. The standard InChI is InChI=1S/C17H10N2/c18-10-13(11-19)17-9-12-5-1-2-6-14(12)15-7-3-4-8-16(15)17/h1-8H,9H2. The topological polar surface area (TPSA) is 47.6 Å². The van der Waals surface area contributed by atoms with Crippen LogP contribution in [0.4, 0.5) is 0 Å². The fourth-order valence-electron chi connectivity index (χ4n) is 2.59. The Kier molecular flexibility index (Phi) is 2.63. The Morgan fingerprint density at radius 2 is 1.37 bits per heavy atom. The number of benzene rings is 2. The van der Waals surface area contributed by atoms with E-state index in [0.717, 1.165) is 16.7 Å². The van der Waals surface area contributed by atoms with Gasteiger partial charge in [-0.2, -0.15) is 10.5 Å². The molecule has 2 heteroatoms. The molecule has 19 heavy (non-hydrogen) atoms. The first kappa shape index (κ1) is 11.3. The fourth-order valence-corrected chi connectivity index (χ4v) is 2.59. The third-order valence-corrected chi connectivity index (χ3v) is 3.45. The minimum absolute atomic E-state index is 0.210. The molecule has 0 N–H and O–H groups in total. The molecule has 0 unspecified atom stereocenters. The van der Waals surface area contributed by atoms with Crippen LogP contribution in [-0.2, 0) is 6.42 Å². The van der Waals surface area contributed by atoms with E-state index < -0.39 is 0 Å². The van der Waals surface area contributed by atoms with Gasteiger partial charge in [-0.15, -0.1) is 0 Å². The van der Waals surface area contributed by atoms with Crippen LogP contribution < -0.4 is 0 Å². The van der Waals surface area contributed by atoms with Gasteiger partial charge < -0.3 is 0 Å². The van der Waals surface area contributed by atoms with Crippen molar-refractivity contribution in [3.63, 3.8) is 0 Å². The molecule has 0 fully saturated rings. The van der Waals surface area contributed by atoms with Gasteiger partial charge in [0.15, 0.2) is 0 Å². The van der Waals surface area contributed by atoms with Crippen LogP contribution in [0.5, 0.6) is 0 Å². The Bertz CT molecular complexity index is 754. The Labute approximate surface area is 111 Å². The molecule has 0 aliphatic heterocycles. The lowest BCUT2D eigenvalue weighted by molar-refractivity contribution is 1.24. The van der Waals surface area contributed by atoms with Crippen molar-refractivity contribution in [3.05, 3.63) is 65.2 Å². The highest BCUT2D eigenvalue weighted by Gasteiger charge is 2.21. The Morgan fingerprint density at radius 3 is 2.05 bits per heavy atom. The van der Waals surface area contributed by atoms with E-state index in [1.54, 1.807) is 0 Å². The van der Waals surface area contributed by atoms with Crippen LogP contribution in [0.25, 0.3) is 16.7 Å². The number of nitriles is 2. The van der Waals surface area contributed by atoms with Gasteiger partial charge in [-0.05, 0) is 27.8 Å². The van der Waals surface area contributed by atoms with E-state index in [9.17, 15) is 0 Å². The van der Waals surface area contributed by atoms with Gasteiger partial charge in [-0.25, -0.2) is 0 Å². The molecule has 3 rings (SSSR count). The number of rotatable bonds is 0. The first-order chi connectivity index (χ1) is 9.35. The minimum atomic E-state index is 0.210. The van der Waals surface area contributed by atoms with E-state index in [1.165, 1.54) is 11.1 Å². The van der Waals surface area contributed by atoms with Crippen LogP contribution in [0.1, 0.15) is 11.1 Å². The molecule has 2 nitrogen and oxygen atoms in total. The number of hydrogen-bond acceptors (Lipinski definition) is 2. The lowest BCUT2D eigenvalue weighted by atomic mass is 9.81. The van der Waals surface area contributed by atoms with Crippen molar-refractivity contribution in [2.75, 3.05) is 0 Å². The average molecular weight is 242 g/mol. The second kappa shape index (κ2) is 4.44. The third kappa shape index (κ3) is 1.71. The lowest BCUT2D eigenvalue weighted by Gasteiger charge is -2.22. The van der Waals surface area contributed by atoms with Gasteiger partial charge in [0.1, 0.15) is 17.7 Å². The Balaban J connectivity index is 2.36. The molecule has 0 radical (unpaired) electrons. The first-order valence-corrected chi connectivity index (χ1v) is 6.06. The molecule has 0 heterocycles. The molecule has 2 aromatic rings. The summed E-state index contributed by atoms with van der Waals surface area (Å²) in [6.45, 7) is 0. The summed E-state index contributed by atoms with van der Waals surface area (Å²) < 4.78 is 0. The van der Waals surface area contributed by atoms with Crippen LogP contribution in [0.15, 0.2) is 54.1 Å². The number of hydrogen-bond donors (Lipinski definition) is 0. The molecule has 0 saturated heterocycles. The molecule has 0 amide bonds. The van der Waals surface area contributed by atoms with Crippen molar-refractivity contribution in [1.82, 2.24) is 0 Å². The van der Waals surface area contributed by atoms with Crippen molar-refractivity contribution >= 4 is 5.57 Å². The molecule has 0 saturated carbocycles. The minimum Gasteiger partial charge on any atom is -0.192 e. The number of fused-ring (bicyclic) bond motifs is 3. The summed E-state index contributed by atoms with van der Waals surface area (Å²) >= 11 is 0. The van der Waals surface area contributed by atoms with Crippen molar-refractivity contribution < 1.29 is 0 Å². The van der Waals surface area contributed by atoms with E-state index in [1.807, 2.05) is 48.5 Å². The lowest BCUT2D eigenvalue weighted by Crippen LogP contribution is -2.04. The van der Waals surface area contributed by atoms with Crippen LogP contribution in [-0.4, -0.2) is 0 Å². The molecular weight excluding hydrogens is 232 g/mol. The van der Waals surface area contributed by atoms with Gasteiger partial charge >= 0.3 is 0 Å². The quantitative estimate of drug-likeness (QED) is 0.661. The van der Waals surface area contributed by atoms with E-state index in [2.05, 4.69) is 12.1 Å². The van der Waals surface area contributed by atoms with E-state index in [4.69, 9.17) is 10.5 Å². The van der Waals surface area contributed by atoms with Gasteiger partial charge in [0.25, 0.3) is 0 Å². The highest BCUT2D eigenvalue weighted by atomic mass is 14.3. The van der Waals surface area contributed by atoms with Gasteiger partial charge in [0.05, 0.1) is 0 Å². The zero-order chi connectivity index (χ0) is 13.2. The van der Waals surface area contributed by atoms with Gasteiger partial charge in [-0.3, -0.25) is 0 Å². The molecular formula is C17H10N2. The van der Waals surface area contributed by atoms with Crippen molar-refractivity contribution in [1.29, 1.82) is 10.5 Å². The van der Waals surface area contributed by atoms with Crippen LogP contribution in [0.3, 0.4) is 0 Å². The predicted octanol–water partition coefficient (Wildman–Crippen LogP) is 3.71. The monoisotopic (exact) mass is 242 g/mol. The fraction of sp³-hybridized carbons (Fsp3) is 0.0588.